The van der Waals surface area contributed by atoms with Crippen LogP contribution in [0.5, 0.6) is 5.75 Å². The highest BCUT2D eigenvalue weighted by Crippen LogP contribution is 2.31. The number of sulfonamides is 2. The summed E-state index contributed by atoms with van der Waals surface area (Å²) in [6.07, 6.45) is 0.984. The van der Waals surface area contributed by atoms with E-state index in [1.807, 2.05) is 32.0 Å². The molecule has 0 saturated carbocycles. The molecule has 1 amide bonds. The Morgan fingerprint density at radius 3 is 2.08 bits per heavy atom. The Hall–Kier alpha value is -3.28. The minimum atomic E-state index is -3.87. The second-order valence-electron chi connectivity index (χ2n) is 8.44. The van der Waals surface area contributed by atoms with Gasteiger partial charge in [0.25, 0.3) is 10.0 Å². The molecule has 0 aliphatic carbocycles. The molecule has 0 aromatic heterocycles. The van der Waals surface area contributed by atoms with Crippen LogP contribution in [0.3, 0.4) is 0 Å². The first-order valence-electron chi connectivity index (χ1n) is 11.1. The highest BCUT2D eigenvalue weighted by atomic mass is 35.5. The second-order valence-corrected chi connectivity index (χ2v) is 12.4. The number of benzene rings is 3. The van der Waals surface area contributed by atoms with Crippen molar-refractivity contribution < 1.29 is 26.4 Å². The van der Waals surface area contributed by atoms with Gasteiger partial charge >= 0.3 is 0 Å². The van der Waals surface area contributed by atoms with Crippen molar-refractivity contribution in [2.24, 2.45) is 0 Å². The summed E-state index contributed by atoms with van der Waals surface area (Å²) in [6.45, 7) is 5.05. The minimum Gasteiger partial charge on any atom is -0.495 e. The lowest BCUT2D eigenvalue weighted by Crippen LogP contribution is -2.45. The number of para-hydroxylation sites is 1. The van der Waals surface area contributed by atoms with Crippen LogP contribution in [0.1, 0.15) is 18.1 Å². The lowest BCUT2D eigenvalue weighted by molar-refractivity contribution is -0.116. The van der Waals surface area contributed by atoms with Gasteiger partial charge in [-0.3, -0.25) is 13.8 Å². The number of hydrogen-bond donors (Lipinski definition) is 2. The molecular formula is C25H28ClN3O6S2. The number of aryl methyl sites for hydroxylation is 2. The monoisotopic (exact) mass is 565 g/mol. The van der Waals surface area contributed by atoms with Gasteiger partial charge in [0.15, 0.2) is 0 Å². The van der Waals surface area contributed by atoms with Crippen molar-refractivity contribution >= 4 is 54.6 Å². The van der Waals surface area contributed by atoms with Gasteiger partial charge in [0.05, 0.1) is 34.7 Å². The predicted octanol–water partition coefficient (Wildman–Crippen LogP) is 4.56. The molecule has 9 nitrogen and oxygen atoms in total. The lowest BCUT2D eigenvalue weighted by Gasteiger charge is -2.28. The highest BCUT2D eigenvalue weighted by molar-refractivity contribution is 7.92. The molecule has 0 radical (unpaired) electrons. The summed E-state index contributed by atoms with van der Waals surface area (Å²) in [6, 6.07) is 14.3. The number of anilines is 3. The van der Waals surface area contributed by atoms with Crippen molar-refractivity contribution in [1.82, 2.24) is 0 Å². The third-order valence-electron chi connectivity index (χ3n) is 5.63. The zero-order chi connectivity index (χ0) is 27.5. The Morgan fingerprint density at radius 1 is 0.973 bits per heavy atom. The Bertz CT molecular complexity index is 1500. The number of halogens is 1. The van der Waals surface area contributed by atoms with E-state index in [1.165, 1.54) is 56.5 Å². The number of carbonyl (C=O) groups excluding carboxylic acids is 1. The quantitative estimate of drug-likeness (QED) is 0.392. The number of ether oxygens (including phenoxy) is 1. The van der Waals surface area contributed by atoms with Crippen molar-refractivity contribution in [3.63, 3.8) is 0 Å². The van der Waals surface area contributed by atoms with Gasteiger partial charge in [-0.1, -0.05) is 29.8 Å². The van der Waals surface area contributed by atoms with Crippen LogP contribution in [0, 0.1) is 13.8 Å². The summed E-state index contributed by atoms with van der Waals surface area (Å²) in [5.74, 6) is -0.264. The molecule has 3 aromatic rings. The van der Waals surface area contributed by atoms with E-state index in [0.29, 0.717) is 17.1 Å². The Kier molecular flexibility index (Phi) is 8.41. The van der Waals surface area contributed by atoms with E-state index in [-0.39, 0.29) is 15.6 Å². The maximum atomic E-state index is 13.0. The zero-order valence-corrected chi connectivity index (χ0v) is 23.3. The van der Waals surface area contributed by atoms with E-state index in [2.05, 4.69) is 10.0 Å². The molecule has 37 heavy (non-hydrogen) atoms. The highest BCUT2D eigenvalue weighted by Gasteiger charge is 2.30. The molecule has 0 spiro atoms. The first kappa shape index (κ1) is 28.3. The topological polar surface area (TPSA) is 122 Å². The lowest BCUT2D eigenvalue weighted by atomic mass is 10.1. The number of hydrogen-bond acceptors (Lipinski definition) is 6. The van der Waals surface area contributed by atoms with Gasteiger partial charge in [-0.05, 0) is 74.4 Å². The van der Waals surface area contributed by atoms with Crippen molar-refractivity contribution in [2.45, 2.75) is 31.7 Å². The normalized spacial score (nSPS) is 12.5. The molecule has 0 aliphatic rings. The summed E-state index contributed by atoms with van der Waals surface area (Å²) >= 11 is 6.16. The van der Waals surface area contributed by atoms with Crippen molar-refractivity contribution in [2.75, 3.05) is 27.7 Å². The van der Waals surface area contributed by atoms with E-state index in [1.54, 1.807) is 0 Å². The SMILES string of the molecule is COc1ccc(N([C@@H](C)C(=O)Nc2ccc(S(=O)(=O)Nc3c(C)cccc3C)cc2)S(C)(=O)=O)cc1Cl. The van der Waals surface area contributed by atoms with Gasteiger partial charge in [0.1, 0.15) is 11.8 Å². The maximum absolute atomic E-state index is 13.0. The number of nitrogens with one attached hydrogen (secondary N) is 2. The summed E-state index contributed by atoms with van der Waals surface area (Å²) in [4.78, 5) is 13.0. The molecule has 1 atom stereocenters. The number of methoxy groups -OCH3 is 1. The van der Waals surface area contributed by atoms with Crippen LogP contribution in [0.4, 0.5) is 17.1 Å². The van der Waals surface area contributed by atoms with E-state index < -0.39 is 32.0 Å². The molecule has 0 aliphatic heterocycles. The largest absolute Gasteiger partial charge is 0.495 e. The summed E-state index contributed by atoms with van der Waals surface area (Å²) in [5.41, 5.74) is 2.57. The molecule has 3 aromatic carbocycles. The van der Waals surface area contributed by atoms with Crippen molar-refractivity contribution in [3.8, 4) is 5.75 Å². The number of carbonyl (C=O) groups is 1. The molecule has 0 bridgehead atoms. The molecule has 0 unspecified atom stereocenters. The molecule has 0 fully saturated rings. The molecule has 0 heterocycles. The summed E-state index contributed by atoms with van der Waals surface area (Å²) in [5, 5.41) is 2.82. The Morgan fingerprint density at radius 2 is 1.57 bits per heavy atom. The van der Waals surface area contributed by atoms with Crippen LogP contribution in [-0.2, 0) is 24.8 Å². The average Bonchev–Trinajstić information content (AvgIpc) is 2.81. The van der Waals surface area contributed by atoms with Gasteiger partial charge in [-0.2, -0.15) is 0 Å². The minimum absolute atomic E-state index is 0.00633. The van der Waals surface area contributed by atoms with Gasteiger partial charge in [-0.15, -0.1) is 0 Å². The third-order valence-corrected chi connectivity index (χ3v) is 8.53. The van der Waals surface area contributed by atoms with Crippen LogP contribution in [0.2, 0.25) is 5.02 Å². The molecular weight excluding hydrogens is 538 g/mol. The summed E-state index contributed by atoms with van der Waals surface area (Å²) < 4.78 is 59.5. The second kappa shape index (κ2) is 11.0. The summed E-state index contributed by atoms with van der Waals surface area (Å²) in [7, 11) is -6.31. The predicted molar refractivity (Wildman–Crippen MR) is 147 cm³/mol. The van der Waals surface area contributed by atoms with Crippen LogP contribution >= 0.6 is 11.6 Å². The van der Waals surface area contributed by atoms with Crippen LogP contribution in [0.15, 0.2) is 65.6 Å². The molecule has 3 rings (SSSR count). The van der Waals surface area contributed by atoms with Crippen LogP contribution in [0.25, 0.3) is 0 Å². The Labute approximate surface area is 222 Å². The van der Waals surface area contributed by atoms with E-state index in [4.69, 9.17) is 16.3 Å². The third kappa shape index (κ3) is 6.54. The van der Waals surface area contributed by atoms with Crippen molar-refractivity contribution in [3.05, 3.63) is 76.8 Å². The van der Waals surface area contributed by atoms with Gasteiger partial charge in [0, 0.05) is 5.69 Å². The smallest absolute Gasteiger partial charge is 0.261 e. The number of nitrogens with zero attached hydrogens (tertiary/aromatic N) is 1. The fraction of sp³-hybridized carbons (Fsp3) is 0.240. The van der Waals surface area contributed by atoms with Gasteiger partial charge < -0.3 is 10.1 Å². The van der Waals surface area contributed by atoms with E-state index in [9.17, 15) is 21.6 Å². The fourth-order valence-electron chi connectivity index (χ4n) is 3.73. The molecule has 2 N–H and O–H groups in total. The van der Waals surface area contributed by atoms with Crippen LogP contribution in [-0.4, -0.2) is 42.2 Å². The number of amides is 1. The number of rotatable bonds is 9. The van der Waals surface area contributed by atoms with E-state index >= 15 is 0 Å². The average molecular weight is 566 g/mol. The molecule has 198 valence electrons. The Balaban J connectivity index is 1.80. The zero-order valence-electron chi connectivity index (χ0n) is 20.9. The standard InChI is InChI=1S/C25H28ClN3O6S2/c1-16-7-6-8-17(2)24(16)28-37(33,34)21-12-9-19(10-13-21)27-25(30)18(3)29(36(5,31)32)20-11-14-23(35-4)22(26)15-20/h6-15,18,28H,1-5H3,(H,27,30)/t18-/m0/s1. The van der Waals surface area contributed by atoms with Gasteiger partial charge in [0.2, 0.25) is 15.9 Å². The first-order chi connectivity index (χ1) is 17.2. The molecule has 0 saturated heterocycles. The molecule has 12 heteroatoms. The fourth-order valence-corrected chi connectivity index (χ4v) is 6.36. The maximum Gasteiger partial charge on any atom is 0.261 e. The van der Waals surface area contributed by atoms with Crippen molar-refractivity contribution in [1.29, 1.82) is 0 Å². The van der Waals surface area contributed by atoms with E-state index in [0.717, 1.165) is 21.7 Å². The first-order valence-corrected chi connectivity index (χ1v) is 14.8. The van der Waals surface area contributed by atoms with Gasteiger partial charge in [-0.25, -0.2) is 16.8 Å². The van der Waals surface area contributed by atoms with Crippen LogP contribution < -0.4 is 19.1 Å².